The molecule has 128 valence electrons. The van der Waals surface area contributed by atoms with Crippen LogP contribution in [-0.2, 0) is 0 Å². The number of carbonyl (C=O) groups is 1. The summed E-state index contributed by atoms with van der Waals surface area (Å²) in [6.07, 6.45) is 1.69. The van der Waals surface area contributed by atoms with Gasteiger partial charge in [-0.3, -0.25) is 4.79 Å². The van der Waals surface area contributed by atoms with Crippen LogP contribution in [0.15, 0.2) is 47.1 Å². The summed E-state index contributed by atoms with van der Waals surface area (Å²) in [5, 5.41) is 8.22. The maximum Gasteiger partial charge on any atom is 0.253 e. The molecule has 1 aliphatic rings. The molecule has 4 rings (SSSR count). The van der Waals surface area contributed by atoms with Gasteiger partial charge in [0.05, 0.1) is 0 Å². The van der Waals surface area contributed by atoms with Gasteiger partial charge >= 0.3 is 0 Å². The zero-order valence-electron chi connectivity index (χ0n) is 13.4. The summed E-state index contributed by atoms with van der Waals surface area (Å²) in [6, 6.07) is 12.6. The average Bonchev–Trinajstić information content (AvgIpc) is 3.11. The molecule has 2 aromatic carbocycles. The molecule has 0 radical (unpaired) electrons. The largest absolute Gasteiger partial charge is 0.490 e. The minimum absolute atomic E-state index is 0.00478. The van der Waals surface area contributed by atoms with Gasteiger partial charge in [-0.25, -0.2) is 4.63 Å². The Kier molecular flexibility index (Phi) is 4.28. The Morgan fingerprint density at radius 3 is 2.56 bits per heavy atom. The van der Waals surface area contributed by atoms with E-state index in [2.05, 4.69) is 14.9 Å². The van der Waals surface area contributed by atoms with Gasteiger partial charge in [0.15, 0.2) is 0 Å². The standard InChI is InChI=1S/C18H16ClN3O3/c19-13-2-4-14(5-3-13)24-15-7-9-22(10-8-15)18(23)12-1-6-16-17(11-12)21-25-20-16/h1-6,11,15H,7-10H2. The van der Waals surface area contributed by atoms with Gasteiger partial charge in [-0.05, 0) is 52.8 Å². The second kappa shape index (κ2) is 6.72. The molecule has 1 amide bonds. The van der Waals surface area contributed by atoms with E-state index in [0.717, 1.165) is 18.6 Å². The minimum Gasteiger partial charge on any atom is -0.490 e. The van der Waals surface area contributed by atoms with Gasteiger partial charge in [0.1, 0.15) is 22.9 Å². The smallest absolute Gasteiger partial charge is 0.253 e. The van der Waals surface area contributed by atoms with Crippen LogP contribution in [0.4, 0.5) is 0 Å². The molecule has 0 saturated carbocycles. The van der Waals surface area contributed by atoms with Crippen LogP contribution in [0.25, 0.3) is 11.0 Å². The number of rotatable bonds is 3. The van der Waals surface area contributed by atoms with E-state index in [1.165, 1.54) is 0 Å². The number of likely N-dealkylation sites (tertiary alicyclic amines) is 1. The molecule has 0 unspecified atom stereocenters. The van der Waals surface area contributed by atoms with Gasteiger partial charge in [-0.15, -0.1) is 0 Å². The molecule has 1 aromatic heterocycles. The number of benzene rings is 2. The second-order valence-corrected chi connectivity index (χ2v) is 6.47. The van der Waals surface area contributed by atoms with Crippen molar-refractivity contribution in [2.75, 3.05) is 13.1 Å². The fourth-order valence-electron chi connectivity index (χ4n) is 2.98. The van der Waals surface area contributed by atoms with E-state index in [1.54, 1.807) is 18.2 Å². The quantitative estimate of drug-likeness (QED) is 0.717. The Morgan fingerprint density at radius 2 is 1.80 bits per heavy atom. The van der Waals surface area contributed by atoms with E-state index in [4.69, 9.17) is 16.3 Å². The number of aromatic nitrogens is 2. The summed E-state index contributed by atoms with van der Waals surface area (Å²) in [5.74, 6) is 0.799. The summed E-state index contributed by atoms with van der Waals surface area (Å²) in [6.45, 7) is 1.32. The first-order valence-corrected chi connectivity index (χ1v) is 8.51. The van der Waals surface area contributed by atoms with E-state index in [0.29, 0.717) is 34.7 Å². The Morgan fingerprint density at radius 1 is 1.08 bits per heavy atom. The fraction of sp³-hybridized carbons (Fsp3) is 0.278. The third kappa shape index (κ3) is 3.44. The van der Waals surface area contributed by atoms with Crippen molar-refractivity contribution in [3.8, 4) is 5.75 Å². The SMILES string of the molecule is O=C(c1ccc2nonc2c1)N1CCC(Oc2ccc(Cl)cc2)CC1. The van der Waals surface area contributed by atoms with Gasteiger partial charge in [0.2, 0.25) is 0 Å². The molecular weight excluding hydrogens is 342 g/mol. The lowest BCUT2D eigenvalue weighted by Gasteiger charge is -2.32. The second-order valence-electron chi connectivity index (χ2n) is 6.03. The third-order valence-electron chi connectivity index (χ3n) is 4.35. The monoisotopic (exact) mass is 357 g/mol. The Bertz CT molecular complexity index is 886. The van der Waals surface area contributed by atoms with Gasteiger partial charge in [-0.2, -0.15) is 0 Å². The average molecular weight is 358 g/mol. The molecule has 1 aliphatic heterocycles. The van der Waals surface area contributed by atoms with Crippen molar-refractivity contribution >= 4 is 28.5 Å². The van der Waals surface area contributed by atoms with Crippen LogP contribution in [0.3, 0.4) is 0 Å². The lowest BCUT2D eigenvalue weighted by Crippen LogP contribution is -2.41. The summed E-state index contributed by atoms with van der Waals surface area (Å²) in [7, 11) is 0. The summed E-state index contributed by atoms with van der Waals surface area (Å²) in [5.41, 5.74) is 1.83. The van der Waals surface area contributed by atoms with E-state index >= 15 is 0 Å². The predicted octanol–water partition coefficient (Wildman–Crippen LogP) is 3.56. The highest BCUT2D eigenvalue weighted by molar-refractivity contribution is 6.30. The Hall–Kier alpha value is -2.60. The van der Waals surface area contributed by atoms with Crippen LogP contribution in [-0.4, -0.2) is 40.3 Å². The number of ether oxygens (including phenoxy) is 1. The van der Waals surface area contributed by atoms with Gasteiger partial charge in [-0.1, -0.05) is 11.6 Å². The third-order valence-corrected chi connectivity index (χ3v) is 4.60. The van der Waals surface area contributed by atoms with Crippen LogP contribution in [0, 0.1) is 0 Å². The molecule has 0 bridgehead atoms. The highest BCUT2D eigenvalue weighted by Crippen LogP contribution is 2.22. The lowest BCUT2D eigenvalue weighted by molar-refractivity contribution is 0.0595. The number of nitrogens with zero attached hydrogens (tertiary/aromatic N) is 3. The van der Waals surface area contributed by atoms with E-state index in [1.807, 2.05) is 29.2 Å². The molecule has 2 heterocycles. The number of hydrogen-bond acceptors (Lipinski definition) is 5. The maximum atomic E-state index is 12.7. The van der Waals surface area contributed by atoms with Gasteiger partial charge < -0.3 is 9.64 Å². The summed E-state index contributed by atoms with van der Waals surface area (Å²) >= 11 is 5.88. The van der Waals surface area contributed by atoms with Crippen LogP contribution in [0.1, 0.15) is 23.2 Å². The van der Waals surface area contributed by atoms with Crippen molar-refractivity contribution in [1.82, 2.24) is 15.2 Å². The van der Waals surface area contributed by atoms with Crippen molar-refractivity contribution in [1.29, 1.82) is 0 Å². The molecule has 3 aromatic rings. The van der Waals surface area contributed by atoms with E-state index in [-0.39, 0.29) is 12.0 Å². The van der Waals surface area contributed by atoms with Crippen molar-refractivity contribution in [3.05, 3.63) is 53.1 Å². The first-order valence-electron chi connectivity index (χ1n) is 8.13. The molecule has 7 heteroatoms. The number of piperidine rings is 1. The lowest BCUT2D eigenvalue weighted by atomic mass is 10.1. The Labute approximate surface area is 149 Å². The fourth-order valence-corrected chi connectivity index (χ4v) is 3.11. The number of fused-ring (bicyclic) bond motifs is 1. The number of halogens is 1. The molecule has 6 nitrogen and oxygen atoms in total. The van der Waals surface area contributed by atoms with Gasteiger partial charge in [0, 0.05) is 36.5 Å². The minimum atomic E-state index is -0.00478. The summed E-state index contributed by atoms with van der Waals surface area (Å²) in [4.78, 5) is 14.5. The Balaban J connectivity index is 1.37. The molecule has 25 heavy (non-hydrogen) atoms. The molecule has 1 fully saturated rings. The van der Waals surface area contributed by atoms with Crippen molar-refractivity contribution in [3.63, 3.8) is 0 Å². The highest BCUT2D eigenvalue weighted by atomic mass is 35.5. The van der Waals surface area contributed by atoms with Crippen LogP contribution >= 0.6 is 11.6 Å². The topological polar surface area (TPSA) is 68.5 Å². The van der Waals surface area contributed by atoms with Crippen molar-refractivity contribution in [2.24, 2.45) is 0 Å². The maximum absolute atomic E-state index is 12.7. The van der Waals surface area contributed by atoms with Crippen molar-refractivity contribution < 1.29 is 14.2 Å². The van der Waals surface area contributed by atoms with E-state index < -0.39 is 0 Å². The first kappa shape index (κ1) is 15.9. The summed E-state index contributed by atoms with van der Waals surface area (Å²) < 4.78 is 10.6. The van der Waals surface area contributed by atoms with Gasteiger partial charge in [0.25, 0.3) is 5.91 Å². The molecule has 0 atom stereocenters. The molecule has 0 aliphatic carbocycles. The van der Waals surface area contributed by atoms with Crippen molar-refractivity contribution in [2.45, 2.75) is 18.9 Å². The molecule has 1 saturated heterocycles. The number of carbonyl (C=O) groups excluding carboxylic acids is 1. The molecule has 0 spiro atoms. The zero-order valence-corrected chi connectivity index (χ0v) is 14.1. The van der Waals surface area contributed by atoms with E-state index in [9.17, 15) is 4.79 Å². The number of hydrogen-bond donors (Lipinski definition) is 0. The van der Waals surface area contributed by atoms with Crippen LogP contribution in [0.2, 0.25) is 5.02 Å². The number of amides is 1. The molecular formula is C18H16ClN3O3. The molecule has 0 N–H and O–H groups in total. The highest BCUT2D eigenvalue weighted by Gasteiger charge is 2.25. The zero-order chi connectivity index (χ0) is 17.2. The van der Waals surface area contributed by atoms with Crippen LogP contribution < -0.4 is 4.74 Å². The van der Waals surface area contributed by atoms with Crippen LogP contribution in [0.5, 0.6) is 5.75 Å². The first-order chi connectivity index (χ1) is 12.2. The normalized spacial score (nSPS) is 15.5. The predicted molar refractivity (Wildman–Crippen MR) is 92.8 cm³/mol.